The van der Waals surface area contributed by atoms with Gasteiger partial charge in [-0.3, -0.25) is 10.1 Å². The molecule has 0 aliphatic heterocycles. The van der Waals surface area contributed by atoms with Crippen molar-refractivity contribution in [3.05, 3.63) is 35.4 Å². The largest absolute Gasteiger partial charge is 0.368 e. The van der Waals surface area contributed by atoms with Crippen molar-refractivity contribution in [2.75, 3.05) is 6.54 Å². The Labute approximate surface area is 130 Å². The van der Waals surface area contributed by atoms with Gasteiger partial charge in [-0.25, -0.2) is 4.79 Å². The molecule has 8 N–H and O–H groups in total. The van der Waals surface area contributed by atoms with Crippen molar-refractivity contribution in [1.29, 1.82) is 0 Å². The number of primary amides is 2. The Morgan fingerprint density at radius 2 is 1.82 bits per heavy atom. The zero-order valence-corrected chi connectivity index (χ0v) is 12.8. The standard InChI is InChI=1S/C15H25N5O2/c1-10(20-13(14(17)21)3-2-8-16)12-6-4-11(5-7-12)9-19-15(18)22/h4-7,10,13,20H,2-3,8-9,16H2,1H3,(H2,17,21)(H3,18,19,22). The molecule has 3 amide bonds. The summed E-state index contributed by atoms with van der Waals surface area (Å²) in [7, 11) is 0. The van der Waals surface area contributed by atoms with E-state index in [1.807, 2.05) is 31.2 Å². The zero-order chi connectivity index (χ0) is 16.5. The Morgan fingerprint density at radius 3 is 2.32 bits per heavy atom. The molecular weight excluding hydrogens is 282 g/mol. The predicted octanol–water partition coefficient (Wildman–Crippen LogP) is 0.0983. The third-order valence-electron chi connectivity index (χ3n) is 3.44. The van der Waals surface area contributed by atoms with E-state index in [0.29, 0.717) is 19.5 Å². The number of nitrogens with two attached hydrogens (primary N) is 3. The number of hydrogen-bond donors (Lipinski definition) is 5. The number of hydrogen-bond acceptors (Lipinski definition) is 4. The van der Waals surface area contributed by atoms with Gasteiger partial charge in [0.15, 0.2) is 0 Å². The van der Waals surface area contributed by atoms with Gasteiger partial charge in [-0.05, 0) is 37.4 Å². The van der Waals surface area contributed by atoms with E-state index in [4.69, 9.17) is 17.2 Å². The number of amides is 3. The van der Waals surface area contributed by atoms with Crippen LogP contribution in [0.1, 0.15) is 36.9 Å². The Morgan fingerprint density at radius 1 is 1.18 bits per heavy atom. The molecule has 0 saturated heterocycles. The van der Waals surface area contributed by atoms with E-state index in [0.717, 1.165) is 17.5 Å². The maximum absolute atomic E-state index is 11.4. The van der Waals surface area contributed by atoms with Crippen LogP contribution in [-0.2, 0) is 11.3 Å². The lowest BCUT2D eigenvalue weighted by Crippen LogP contribution is -2.42. The fourth-order valence-corrected chi connectivity index (χ4v) is 2.14. The Bertz CT molecular complexity index is 489. The molecule has 7 heteroatoms. The monoisotopic (exact) mass is 307 g/mol. The highest BCUT2D eigenvalue weighted by atomic mass is 16.2. The summed E-state index contributed by atoms with van der Waals surface area (Å²) in [6.45, 7) is 2.88. The van der Waals surface area contributed by atoms with Crippen LogP contribution in [0.5, 0.6) is 0 Å². The molecule has 0 aromatic heterocycles. The number of urea groups is 1. The Balaban J connectivity index is 2.61. The number of carbonyl (C=O) groups excluding carboxylic acids is 2. The lowest BCUT2D eigenvalue weighted by Gasteiger charge is -2.21. The van der Waals surface area contributed by atoms with Crippen LogP contribution in [0.25, 0.3) is 0 Å². The van der Waals surface area contributed by atoms with Crippen molar-refractivity contribution in [2.45, 2.75) is 38.4 Å². The molecule has 22 heavy (non-hydrogen) atoms. The quantitative estimate of drug-likeness (QED) is 0.442. The van der Waals surface area contributed by atoms with Gasteiger partial charge in [0.25, 0.3) is 0 Å². The van der Waals surface area contributed by atoms with Crippen molar-refractivity contribution in [1.82, 2.24) is 10.6 Å². The summed E-state index contributed by atoms with van der Waals surface area (Å²) < 4.78 is 0. The van der Waals surface area contributed by atoms with Crippen LogP contribution in [0, 0.1) is 0 Å². The van der Waals surface area contributed by atoms with Gasteiger partial charge in [-0.1, -0.05) is 24.3 Å². The Kier molecular flexibility index (Phi) is 7.34. The minimum atomic E-state index is -0.552. The van der Waals surface area contributed by atoms with E-state index in [1.54, 1.807) is 0 Å². The average Bonchev–Trinajstić information content (AvgIpc) is 2.49. The second-order valence-electron chi connectivity index (χ2n) is 5.23. The number of carbonyl (C=O) groups is 2. The van der Waals surface area contributed by atoms with Gasteiger partial charge in [0.1, 0.15) is 0 Å². The molecule has 1 aromatic rings. The summed E-state index contributed by atoms with van der Waals surface area (Å²) in [6.07, 6.45) is 1.36. The fourth-order valence-electron chi connectivity index (χ4n) is 2.14. The maximum atomic E-state index is 11.4. The Hall–Kier alpha value is -2.12. The topological polar surface area (TPSA) is 136 Å². The fraction of sp³-hybridized carbons (Fsp3) is 0.467. The first-order chi connectivity index (χ1) is 10.4. The third kappa shape index (κ3) is 6.11. The van der Waals surface area contributed by atoms with Crippen molar-refractivity contribution >= 4 is 11.9 Å². The lowest BCUT2D eigenvalue weighted by atomic mass is 10.0. The molecule has 0 heterocycles. The summed E-state index contributed by atoms with van der Waals surface area (Å²) in [5, 5.41) is 5.75. The van der Waals surface area contributed by atoms with E-state index in [2.05, 4.69) is 10.6 Å². The molecule has 0 radical (unpaired) electrons. The average molecular weight is 307 g/mol. The molecule has 2 atom stereocenters. The molecule has 1 aromatic carbocycles. The highest BCUT2D eigenvalue weighted by Gasteiger charge is 2.17. The van der Waals surface area contributed by atoms with Crippen LogP contribution in [0.3, 0.4) is 0 Å². The molecular formula is C15H25N5O2. The van der Waals surface area contributed by atoms with Crippen LogP contribution in [-0.4, -0.2) is 24.5 Å². The van der Waals surface area contributed by atoms with Crippen LogP contribution in [0.15, 0.2) is 24.3 Å². The second kappa shape index (κ2) is 9.01. The van der Waals surface area contributed by atoms with Crippen LogP contribution >= 0.6 is 0 Å². The normalized spacial score (nSPS) is 13.4. The maximum Gasteiger partial charge on any atom is 0.312 e. The van der Waals surface area contributed by atoms with Crippen molar-refractivity contribution in [3.63, 3.8) is 0 Å². The summed E-state index contributed by atoms with van der Waals surface area (Å²) in [5.74, 6) is -0.373. The first kappa shape index (κ1) is 17.9. The third-order valence-corrected chi connectivity index (χ3v) is 3.44. The van der Waals surface area contributed by atoms with E-state index in [9.17, 15) is 9.59 Å². The van der Waals surface area contributed by atoms with Gasteiger partial charge < -0.3 is 22.5 Å². The summed E-state index contributed by atoms with van der Waals surface area (Å²) >= 11 is 0. The highest BCUT2D eigenvalue weighted by Crippen LogP contribution is 2.15. The summed E-state index contributed by atoms with van der Waals surface area (Å²) in [4.78, 5) is 22.1. The molecule has 0 spiro atoms. The SMILES string of the molecule is CC(NC(CCCN)C(N)=O)c1ccc(CNC(N)=O)cc1. The molecule has 0 fully saturated rings. The molecule has 2 unspecified atom stereocenters. The summed E-state index contributed by atoms with van der Waals surface area (Å²) in [6, 6.07) is 6.73. The van der Waals surface area contributed by atoms with Crippen molar-refractivity contribution in [3.8, 4) is 0 Å². The first-order valence-electron chi connectivity index (χ1n) is 7.31. The minimum absolute atomic E-state index is 0.0200. The number of benzene rings is 1. The second-order valence-corrected chi connectivity index (χ2v) is 5.23. The molecule has 1 rings (SSSR count). The van der Waals surface area contributed by atoms with Gasteiger partial charge in [-0.2, -0.15) is 0 Å². The molecule has 0 aliphatic carbocycles. The van der Waals surface area contributed by atoms with Crippen LogP contribution < -0.4 is 27.8 Å². The molecule has 0 saturated carbocycles. The molecule has 122 valence electrons. The highest BCUT2D eigenvalue weighted by molar-refractivity contribution is 5.79. The van der Waals surface area contributed by atoms with Crippen molar-refractivity contribution < 1.29 is 9.59 Å². The van der Waals surface area contributed by atoms with Crippen molar-refractivity contribution in [2.24, 2.45) is 17.2 Å². The van der Waals surface area contributed by atoms with Gasteiger partial charge >= 0.3 is 6.03 Å². The summed E-state index contributed by atoms with van der Waals surface area (Å²) in [5.41, 5.74) is 17.9. The molecule has 0 aliphatic rings. The van der Waals surface area contributed by atoms with Gasteiger partial charge in [0.05, 0.1) is 6.04 Å². The lowest BCUT2D eigenvalue weighted by molar-refractivity contribution is -0.120. The number of nitrogens with one attached hydrogen (secondary N) is 2. The minimum Gasteiger partial charge on any atom is -0.368 e. The van der Waals surface area contributed by atoms with E-state index < -0.39 is 12.1 Å². The van der Waals surface area contributed by atoms with Crippen LogP contribution in [0.4, 0.5) is 4.79 Å². The molecule has 0 bridgehead atoms. The predicted molar refractivity (Wildman–Crippen MR) is 85.7 cm³/mol. The molecule has 7 nitrogen and oxygen atoms in total. The van der Waals surface area contributed by atoms with Gasteiger partial charge in [-0.15, -0.1) is 0 Å². The zero-order valence-electron chi connectivity index (χ0n) is 12.8. The van der Waals surface area contributed by atoms with Gasteiger partial charge in [0, 0.05) is 12.6 Å². The van der Waals surface area contributed by atoms with Gasteiger partial charge in [0.2, 0.25) is 5.91 Å². The smallest absolute Gasteiger partial charge is 0.312 e. The first-order valence-corrected chi connectivity index (χ1v) is 7.31. The van der Waals surface area contributed by atoms with E-state index in [-0.39, 0.29) is 11.9 Å². The number of rotatable bonds is 9. The van der Waals surface area contributed by atoms with E-state index >= 15 is 0 Å². The van der Waals surface area contributed by atoms with E-state index in [1.165, 1.54) is 0 Å². The van der Waals surface area contributed by atoms with Crippen LogP contribution in [0.2, 0.25) is 0 Å².